The Morgan fingerprint density at radius 1 is 1.04 bits per heavy atom. The number of benzene rings is 2. The molecule has 0 radical (unpaired) electrons. The Bertz CT molecular complexity index is 761. The summed E-state index contributed by atoms with van der Waals surface area (Å²) in [6, 6.07) is 12.6. The molecule has 0 bridgehead atoms. The van der Waals surface area contributed by atoms with Crippen molar-refractivity contribution in [3.8, 4) is 5.75 Å². The molecular formula is C18H18Cl2N2O3. The van der Waals surface area contributed by atoms with Crippen LogP contribution in [0.3, 0.4) is 0 Å². The molecule has 0 aliphatic carbocycles. The summed E-state index contributed by atoms with van der Waals surface area (Å²) in [5.74, 6) is 0.446. The van der Waals surface area contributed by atoms with Crippen molar-refractivity contribution in [3.63, 3.8) is 0 Å². The van der Waals surface area contributed by atoms with Crippen LogP contribution in [0, 0.1) is 0 Å². The topological polar surface area (TPSA) is 59.9 Å². The van der Waals surface area contributed by atoms with Crippen LogP contribution in [0.1, 0.15) is 18.4 Å². The first-order chi connectivity index (χ1) is 12.0. The van der Waals surface area contributed by atoms with Crippen molar-refractivity contribution in [1.82, 2.24) is 0 Å². The number of methoxy groups -OCH3 is 2. The molecule has 25 heavy (non-hydrogen) atoms. The maximum Gasteiger partial charge on any atom is 0.305 e. The van der Waals surface area contributed by atoms with Gasteiger partial charge < -0.3 is 9.47 Å². The number of nitrogens with zero attached hydrogens (tertiary/aromatic N) is 1. The van der Waals surface area contributed by atoms with Crippen molar-refractivity contribution >= 4 is 40.6 Å². The molecule has 0 saturated heterocycles. The molecule has 2 aromatic carbocycles. The Hall–Kier alpha value is -2.24. The molecular weight excluding hydrogens is 363 g/mol. The predicted octanol–water partition coefficient (Wildman–Crippen LogP) is 4.77. The molecule has 1 N–H and O–H groups in total. The molecule has 0 aliphatic rings. The summed E-state index contributed by atoms with van der Waals surface area (Å²) >= 11 is 12.0. The van der Waals surface area contributed by atoms with Gasteiger partial charge in [0.25, 0.3) is 0 Å². The van der Waals surface area contributed by atoms with Crippen LogP contribution >= 0.6 is 23.2 Å². The maximum absolute atomic E-state index is 11.5. The van der Waals surface area contributed by atoms with Gasteiger partial charge in [0.15, 0.2) is 0 Å². The van der Waals surface area contributed by atoms with E-state index in [1.54, 1.807) is 25.3 Å². The molecule has 7 heteroatoms. The van der Waals surface area contributed by atoms with Gasteiger partial charge in [0.2, 0.25) is 0 Å². The molecule has 0 unspecified atom stereocenters. The zero-order chi connectivity index (χ0) is 18.2. The fraction of sp³-hybridized carbons (Fsp3) is 0.222. The molecule has 2 rings (SSSR count). The number of carbonyl (C=O) groups excluding carboxylic acids is 1. The summed E-state index contributed by atoms with van der Waals surface area (Å²) in [4.78, 5) is 11.5. The van der Waals surface area contributed by atoms with E-state index in [9.17, 15) is 4.79 Å². The highest BCUT2D eigenvalue weighted by Crippen LogP contribution is 2.24. The second kappa shape index (κ2) is 9.30. The lowest BCUT2D eigenvalue weighted by atomic mass is 10.1. The van der Waals surface area contributed by atoms with Gasteiger partial charge in [0.1, 0.15) is 5.75 Å². The highest BCUT2D eigenvalue weighted by atomic mass is 35.5. The number of hydrogen-bond acceptors (Lipinski definition) is 5. The average molecular weight is 381 g/mol. The summed E-state index contributed by atoms with van der Waals surface area (Å²) in [6.07, 6.45) is 0.605. The summed E-state index contributed by atoms with van der Waals surface area (Å²) in [5, 5.41) is 5.30. The molecule has 0 amide bonds. The van der Waals surface area contributed by atoms with Crippen LogP contribution in [0.25, 0.3) is 0 Å². The van der Waals surface area contributed by atoms with E-state index in [-0.39, 0.29) is 12.4 Å². The molecule has 0 aliphatic heterocycles. The van der Waals surface area contributed by atoms with E-state index < -0.39 is 0 Å². The van der Waals surface area contributed by atoms with Crippen LogP contribution in [0.4, 0.5) is 5.69 Å². The SMILES string of the molecule is COC(=O)CC/C(=N\Nc1ccc(OC)cc1)c1ccc(Cl)c(Cl)c1. The first-order valence-corrected chi connectivity index (χ1v) is 8.28. The summed E-state index contributed by atoms with van der Waals surface area (Å²) in [7, 11) is 2.96. The van der Waals surface area contributed by atoms with E-state index in [4.69, 9.17) is 32.7 Å². The summed E-state index contributed by atoms with van der Waals surface area (Å²) in [5.41, 5.74) is 5.21. The molecule has 0 aromatic heterocycles. The molecule has 132 valence electrons. The van der Waals surface area contributed by atoms with Gasteiger partial charge in [-0.2, -0.15) is 5.10 Å². The number of esters is 1. The van der Waals surface area contributed by atoms with E-state index in [0.717, 1.165) is 17.0 Å². The Kier molecular flexibility index (Phi) is 7.10. The van der Waals surface area contributed by atoms with Gasteiger partial charge in [0.05, 0.1) is 42.1 Å². The normalized spacial score (nSPS) is 11.1. The minimum absolute atomic E-state index is 0.208. The minimum Gasteiger partial charge on any atom is -0.497 e. The van der Waals surface area contributed by atoms with Gasteiger partial charge in [-0.25, -0.2) is 0 Å². The lowest BCUT2D eigenvalue weighted by molar-refractivity contribution is -0.140. The van der Waals surface area contributed by atoms with Gasteiger partial charge in [0, 0.05) is 6.42 Å². The first kappa shape index (κ1) is 19.1. The van der Waals surface area contributed by atoms with Crippen molar-refractivity contribution in [1.29, 1.82) is 0 Å². The quantitative estimate of drug-likeness (QED) is 0.426. The number of halogens is 2. The monoisotopic (exact) mass is 380 g/mol. The Morgan fingerprint density at radius 2 is 1.76 bits per heavy atom. The molecule has 2 aromatic rings. The third-order valence-corrected chi connectivity index (χ3v) is 4.20. The zero-order valence-electron chi connectivity index (χ0n) is 13.9. The van der Waals surface area contributed by atoms with E-state index in [2.05, 4.69) is 10.5 Å². The summed E-state index contributed by atoms with van der Waals surface area (Å²) < 4.78 is 9.82. The maximum atomic E-state index is 11.5. The highest BCUT2D eigenvalue weighted by molar-refractivity contribution is 6.42. The molecule has 5 nitrogen and oxygen atoms in total. The Balaban J connectivity index is 2.22. The molecule has 0 fully saturated rings. The zero-order valence-corrected chi connectivity index (χ0v) is 15.4. The van der Waals surface area contributed by atoms with Crippen LogP contribution in [0.2, 0.25) is 10.0 Å². The highest BCUT2D eigenvalue weighted by Gasteiger charge is 2.10. The first-order valence-electron chi connectivity index (χ1n) is 7.52. The van der Waals surface area contributed by atoms with E-state index >= 15 is 0 Å². The standard InChI is InChI=1S/C18H18Cl2N2O3/c1-24-14-6-4-13(5-7-14)21-22-17(9-10-18(23)25-2)12-3-8-15(19)16(20)11-12/h3-8,11,21H,9-10H2,1-2H3/b22-17+. The second-order valence-corrected chi connectivity index (χ2v) is 5.92. The van der Waals surface area contributed by atoms with Gasteiger partial charge in [-0.3, -0.25) is 10.2 Å². The van der Waals surface area contributed by atoms with E-state index in [1.165, 1.54) is 7.11 Å². The van der Waals surface area contributed by atoms with Gasteiger partial charge in [-0.15, -0.1) is 0 Å². The second-order valence-electron chi connectivity index (χ2n) is 5.10. The number of hydrazone groups is 1. The largest absolute Gasteiger partial charge is 0.497 e. The van der Waals surface area contributed by atoms with Crippen molar-refractivity contribution in [2.75, 3.05) is 19.6 Å². The van der Waals surface area contributed by atoms with Crippen LogP contribution in [0.5, 0.6) is 5.75 Å². The third-order valence-electron chi connectivity index (χ3n) is 3.46. The third kappa shape index (κ3) is 5.66. The number of carbonyl (C=O) groups is 1. The lowest BCUT2D eigenvalue weighted by Gasteiger charge is -2.09. The molecule has 0 spiro atoms. The van der Waals surface area contributed by atoms with E-state index in [0.29, 0.717) is 22.2 Å². The molecule has 0 heterocycles. The van der Waals surface area contributed by atoms with Crippen molar-refractivity contribution < 1.29 is 14.3 Å². The van der Waals surface area contributed by atoms with Crippen LogP contribution in [0.15, 0.2) is 47.6 Å². The number of ether oxygens (including phenoxy) is 2. The Labute approximate surface area is 156 Å². The van der Waals surface area contributed by atoms with Crippen molar-refractivity contribution in [3.05, 3.63) is 58.1 Å². The van der Waals surface area contributed by atoms with Gasteiger partial charge in [-0.05, 0) is 42.0 Å². The number of rotatable bonds is 7. The smallest absolute Gasteiger partial charge is 0.305 e. The van der Waals surface area contributed by atoms with Crippen molar-refractivity contribution in [2.24, 2.45) is 5.10 Å². The molecule has 0 saturated carbocycles. The van der Waals surface area contributed by atoms with Crippen LogP contribution in [-0.4, -0.2) is 25.9 Å². The lowest BCUT2D eigenvalue weighted by Crippen LogP contribution is -2.09. The van der Waals surface area contributed by atoms with E-state index in [1.807, 2.05) is 24.3 Å². The fourth-order valence-corrected chi connectivity index (χ4v) is 2.36. The number of anilines is 1. The minimum atomic E-state index is -0.308. The number of nitrogens with one attached hydrogen (secondary N) is 1. The van der Waals surface area contributed by atoms with Gasteiger partial charge in [-0.1, -0.05) is 29.3 Å². The van der Waals surface area contributed by atoms with Crippen LogP contribution in [-0.2, 0) is 9.53 Å². The Morgan fingerprint density at radius 3 is 2.36 bits per heavy atom. The average Bonchev–Trinajstić information content (AvgIpc) is 2.64. The summed E-state index contributed by atoms with van der Waals surface area (Å²) in [6.45, 7) is 0. The van der Waals surface area contributed by atoms with Crippen molar-refractivity contribution in [2.45, 2.75) is 12.8 Å². The molecule has 0 atom stereocenters. The van der Waals surface area contributed by atoms with Gasteiger partial charge >= 0.3 is 5.97 Å². The number of hydrogen-bond donors (Lipinski definition) is 1. The van der Waals surface area contributed by atoms with Crippen LogP contribution < -0.4 is 10.2 Å². The fourth-order valence-electron chi connectivity index (χ4n) is 2.06. The predicted molar refractivity (Wildman–Crippen MR) is 101 cm³/mol.